The van der Waals surface area contributed by atoms with Crippen molar-refractivity contribution in [2.24, 2.45) is 0 Å². The van der Waals surface area contributed by atoms with Gasteiger partial charge in [-0.25, -0.2) is 4.68 Å². The number of nitrogens with one attached hydrogen (secondary N) is 1. The van der Waals surface area contributed by atoms with E-state index in [1.54, 1.807) is 16.9 Å². The van der Waals surface area contributed by atoms with Gasteiger partial charge in [-0.05, 0) is 46.9 Å². The summed E-state index contributed by atoms with van der Waals surface area (Å²) in [5, 5.41) is 5.41. The molecule has 1 N–H and O–H groups in total. The molecule has 0 saturated heterocycles. The lowest BCUT2D eigenvalue weighted by Crippen LogP contribution is -2.05. The lowest BCUT2D eigenvalue weighted by molar-refractivity contribution is 0.900. The number of pyridine rings is 1. The smallest absolute Gasteiger partial charge is 0.248 e. The Morgan fingerprint density at radius 3 is 2.88 bits per heavy atom. The van der Waals surface area contributed by atoms with E-state index in [0.717, 1.165) is 16.6 Å². The van der Waals surface area contributed by atoms with Crippen LogP contribution in [-0.2, 0) is 0 Å². The number of halogens is 1. The summed E-state index contributed by atoms with van der Waals surface area (Å²) in [4.78, 5) is 13.7. The summed E-state index contributed by atoms with van der Waals surface area (Å²) >= 11 is 2.27. The Hall–Kier alpha value is -1.63. The minimum Gasteiger partial charge on any atom is -0.327 e. The Morgan fingerprint density at radius 1 is 1.24 bits per heavy atom. The summed E-state index contributed by atoms with van der Waals surface area (Å²) in [5.74, 6) is 0. The van der Waals surface area contributed by atoms with Crippen molar-refractivity contribution in [2.75, 3.05) is 0 Å². The SMILES string of the molecule is O=c1ccc(-n2ncc3cc(I)ccc32)c[nH]1. The van der Waals surface area contributed by atoms with Crippen molar-refractivity contribution < 1.29 is 0 Å². The van der Waals surface area contributed by atoms with Crippen molar-refractivity contribution in [1.29, 1.82) is 0 Å². The van der Waals surface area contributed by atoms with E-state index in [9.17, 15) is 4.79 Å². The fourth-order valence-electron chi connectivity index (χ4n) is 1.74. The maximum atomic E-state index is 11.0. The predicted octanol–water partition coefficient (Wildman–Crippen LogP) is 2.32. The van der Waals surface area contributed by atoms with Gasteiger partial charge in [0.25, 0.3) is 0 Å². The summed E-state index contributed by atoms with van der Waals surface area (Å²) in [6, 6.07) is 9.38. The number of benzene rings is 1. The molecule has 0 atom stereocenters. The monoisotopic (exact) mass is 337 g/mol. The number of rotatable bonds is 1. The quantitative estimate of drug-likeness (QED) is 0.693. The summed E-state index contributed by atoms with van der Waals surface area (Å²) in [6.07, 6.45) is 3.48. The number of aromatic amines is 1. The van der Waals surface area contributed by atoms with Gasteiger partial charge in [0.1, 0.15) is 0 Å². The lowest BCUT2D eigenvalue weighted by Gasteiger charge is -2.02. The highest BCUT2D eigenvalue weighted by atomic mass is 127. The molecule has 0 radical (unpaired) electrons. The zero-order valence-electron chi connectivity index (χ0n) is 8.72. The summed E-state index contributed by atoms with van der Waals surface area (Å²) in [6.45, 7) is 0. The Labute approximate surface area is 110 Å². The first-order valence-corrected chi connectivity index (χ1v) is 6.14. The van der Waals surface area contributed by atoms with E-state index in [1.165, 1.54) is 9.64 Å². The molecule has 0 aliphatic heterocycles. The summed E-state index contributed by atoms with van der Waals surface area (Å²) in [7, 11) is 0. The van der Waals surface area contributed by atoms with E-state index in [-0.39, 0.29) is 5.56 Å². The fourth-order valence-corrected chi connectivity index (χ4v) is 2.26. The van der Waals surface area contributed by atoms with E-state index < -0.39 is 0 Å². The molecule has 0 aliphatic carbocycles. The molecule has 0 amide bonds. The summed E-state index contributed by atoms with van der Waals surface area (Å²) < 4.78 is 2.98. The average molecular weight is 337 g/mol. The van der Waals surface area contributed by atoms with Gasteiger partial charge in [-0.3, -0.25) is 4.79 Å². The van der Waals surface area contributed by atoms with Crippen LogP contribution in [0.4, 0.5) is 0 Å². The lowest BCUT2D eigenvalue weighted by atomic mass is 10.2. The molecular weight excluding hydrogens is 329 g/mol. The van der Waals surface area contributed by atoms with Gasteiger partial charge in [0.05, 0.1) is 17.4 Å². The molecule has 2 aromatic heterocycles. The third-order valence-electron chi connectivity index (χ3n) is 2.54. The molecule has 4 nitrogen and oxygen atoms in total. The molecular formula is C12H8IN3O. The van der Waals surface area contributed by atoms with Crippen LogP contribution in [0.2, 0.25) is 0 Å². The Kier molecular flexibility index (Phi) is 2.47. The van der Waals surface area contributed by atoms with E-state index in [1.807, 2.05) is 18.3 Å². The standard InChI is InChI=1S/C12H8IN3O/c13-9-1-3-11-8(5-9)6-15-16(11)10-2-4-12(17)14-7-10/h1-7H,(H,14,17). The minimum absolute atomic E-state index is 0.111. The van der Waals surface area contributed by atoms with Crippen LogP contribution in [0.5, 0.6) is 0 Å². The molecule has 0 fully saturated rings. The number of nitrogens with zero attached hydrogens (tertiary/aromatic N) is 2. The Morgan fingerprint density at radius 2 is 2.12 bits per heavy atom. The van der Waals surface area contributed by atoms with E-state index in [2.05, 4.69) is 38.7 Å². The molecule has 17 heavy (non-hydrogen) atoms. The van der Waals surface area contributed by atoms with Crippen LogP contribution in [0.3, 0.4) is 0 Å². The van der Waals surface area contributed by atoms with E-state index in [0.29, 0.717) is 0 Å². The van der Waals surface area contributed by atoms with Crippen molar-refractivity contribution in [1.82, 2.24) is 14.8 Å². The molecule has 84 valence electrons. The zero-order valence-corrected chi connectivity index (χ0v) is 10.9. The van der Waals surface area contributed by atoms with Crippen LogP contribution < -0.4 is 5.56 Å². The van der Waals surface area contributed by atoms with Gasteiger partial charge in [0.15, 0.2) is 0 Å². The first kappa shape index (κ1) is 10.5. The van der Waals surface area contributed by atoms with Gasteiger partial charge in [-0.1, -0.05) is 0 Å². The molecule has 1 aromatic carbocycles. The first-order valence-electron chi connectivity index (χ1n) is 5.06. The van der Waals surface area contributed by atoms with Crippen LogP contribution >= 0.6 is 22.6 Å². The normalized spacial score (nSPS) is 10.9. The highest BCUT2D eigenvalue weighted by Gasteiger charge is 2.04. The molecule has 5 heteroatoms. The van der Waals surface area contributed by atoms with Crippen LogP contribution in [0.25, 0.3) is 16.6 Å². The first-order chi connectivity index (χ1) is 8.24. The fraction of sp³-hybridized carbons (Fsp3) is 0. The van der Waals surface area contributed by atoms with Gasteiger partial charge in [0.2, 0.25) is 5.56 Å². The number of hydrogen-bond acceptors (Lipinski definition) is 2. The topological polar surface area (TPSA) is 50.7 Å². The second kappa shape index (κ2) is 3.99. The van der Waals surface area contributed by atoms with Crippen LogP contribution in [-0.4, -0.2) is 14.8 Å². The molecule has 0 bridgehead atoms. The van der Waals surface area contributed by atoms with Crippen LogP contribution in [0.1, 0.15) is 0 Å². The van der Waals surface area contributed by atoms with Gasteiger partial charge in [-0.15, -0.1) is 0 Å². The number of aromatic nitrogens is 3. The number of H-pyrrole nitrogens is 1. The molecule has 0 spiro atoms. The van der Waals surface area contributed by atoms with Crippen LogP contribution in [0, 0.1) is 3.57 Å². The zero-order chi connectivity index (χ0) is 11.8. The van der Waals surface area contributed by atoms with Crippen molar-refractivity contribution in [2.45, 2.75) is 0 Å². The van der Waals surface area contributed by atoms with Crippen LogP contribution in [0.15, 0.2) is 47.5 Å². The maximum Gasteiger partial charge on any atom is 0.248 e. The third-order valence-corrected chi connectivity index (χ3v) is 3.21. The van der Waals surface area contributed by atoms with E-state index >= 15 is 0 Å². The van der Waals surface area contributed by atoms with Gasteiger partial charge in [0, 0.05) is 21.2 Å². The average Bonchev–Trinajstić information content (AvgIpc) is 2.73. The third kappa shape index (κ3) is 1.86. The Bertz CT molecular complexity index is 724. The maximum absolute atomic E-state index is 11.0. The summed E-state index contributed by atoms with van der Waals surface area (Å²) in [5.41, 5.74) is 1.76. The molecule has 3 aromatic rings. The largest absolute Gasteiger partial charge is 0.327 e. The van der Waals surface area contributed by atoms with Crippen molar-refractivity contribution in [3.05, 3.63) is 56.6 Å². The van der Waals surface area contributed by atoms with Gasteiger partial charge in [-0.2, -0.15) is 5.10 Å². The van der Waals surface area contributed by atoms with E-state index in [4.69, 9.17) is 0 Å². The number of hydrogen-bond donors (Lipinski definition) is 1. The van der Waals surface area contributed by atoms with Gasteiger partial charge >= 0.3 is 0 Å². The predicted molar refractivity (Wildman–Crippen MR) is 74.4 cm³/mol. The molecule has 0 saturated carbocycles. The molecule has 2 heterocycles. The minimum atomic E-state index is -0.111. The molecule has 0 unspecified atom stereocenters. The van der Waals surface area contributed by atoms with Gasteiger partial charge < -0.3 is 4.98 Å². The Balaban J connectivity index is 2.24. The second-order valence-electron chi connectivity index (χ2n) is 3.67. The highest BCUT2D eigenvalue weighted by molar-refractivity contribution is 14.1. The second-order valence-corrected chi connectivity index (χ2v) is 4.92. The van der Waals surface area contributed by atoms with Crippen molar-refractivity contribution >= 4 is 33.5 Å². The van der Waals surface area contributed by atoms with Crippen molar-refractivity contribution in [3.8, 4) is 5.69 Å². The molecule has 0 aliphatic rings. The number of fused-ring (bicyclic) bond motifs is 1. The highest BCUT2D eigenvalue weighted by Crippen LogP contribution is 2.19. The molecule has 3 rings (SSSR count). The van der Waals surface area contributed by atoms with Crippen molar-refractivity contribution in [3.63, 3.8) is 0 Å².